The molecule has 0 spiro atoms. The number of rotatable bonds is 3. The molecule has 0 bridgehead atoms. The predicted octanol–water partition coefficient (Wildman–Crippen LogP) is 6.62. The molecule has 202 valence electrons. The topological polar surface area (TPSA) is 79.1 Å². The van der Waals surface area contributed by atoms with Crippen LogP contribution in [0, 0.1) is 56.7 Å². The first-order valence-corrected chi connectivity index (χ1v) is 14.5. The third kappa shape index (κ3) is 3.04. The van der Waals surface area contributed by atoms with Crippen LogP contribution in [0.1, 0.15) is 98.8 Å². The predicted molar refractivity (Wildman–Crippen MR) is 142 cm³/mol. The first kappa shape index (κ1) is 26.3. The molecule has 11 atom stereocenters. The molecular formula is C31H49NO4. The smallest absolute Gasteiger partial charge is 0.312 e. The van der Waals surface area contributed by atoms with Gasteiger partial charge in [0.25, 0.3) is 0 Å². The van der Waals surface area contributed by atoms with Crippen molar-refractivity contribution in [3.8, 4) is 0 Å². The Labute approximate surface area is 218 Å². The van der Waals surface area contributed by atoms with Gasteiger partial charge in [-0.3, -0.25) is 4.79 Å². The fraction of sp³-hybridized carbons (Fsp3) is 0.871. The second-order valence-electron chi connectivity index (χ2n) is 14.5. The number of methoxy groups -OCH3 is 1. The van der Waals surface area contributed by atoms with E-state index in [-0.39, 0.29) is 27.6 Å². The van der Waals surface area contributed by atoms with E-state index in [0.29, 0.717) is 29.6 Å². The van der Waals surface area contributed by atoms with Gasteiger partial charge >= 0.3 is 5.97 Å². The van der Waals surface area contributed by atoms with Gasteiger partial charge in [0.05, 0.1) is 24.8 Å². The van der Waals surface area contributed by atoms with Crippen molar-refractivity contribution >= 4 is 12.2 Å². The maximum absolute atomic E-state index is 13.4. The molecule has 5 fully saturated rings. The molecule has 5 saturated carbocycles. The van der Waals surface area contributed by atoms with Crippen LogP contribution in [0.25, 0.3) is 0 Å². The maximum Gasteiger partial charge on any atom is 0.312 e. The zero-order valence-electron chi connectivity index (χ0n) is 23.5. The van der Waals surface area contributed by atoms with Gasteiger partial charge < -0.3 is 15.1 Å². The summed E-state index contributed by atoms with van der Waals surface area (Å²) in [6.45, 7) is 16.3. The number of fused-ring (bicyclic) bond motifs is 7. The van der Waals surface area contributed by atoms with Crippen LogP contribution >= 0.6 is 0 Å². The molecule has 0 aliphatic heterocycles. The zero-order valence-corrected chi connectivity index (χ0v) is 23.5. The Morgan fingerprint density at radius 1 is 0.944 bits per heavy atom. The Morgan fingerprint density at radius 2 is 1.67 bits per heavy atom. The van der Waals surface area contributed by atoms with Gasteiger partial charge in [-0.2, -0.15) is 0 Å². The summed E-state index contributed by atoms with van der Waals surface area (Å²) in [5, 5.41) is 24.0. The first-order valence-electron chi connectivity index (χ1n) is 14.5. The number of esters is 1. The number of carbonyl (C=O) groups is 1. The van der Waals surface area contributed by atoms with Crippen LogP contribution in [-0.4, -0.2) is 35.7 Å². The standard InChI is InChI=1S/C31H49NO4/c1-19(2)20-10-15-31(26(34)36-7)17-16-29(5)21(25(20)31)8-9-23-27(3)13-12-24(33)28(4,18-32-35)22(27)11-14-30(23,29)6/h18,20-25,33,35H,1,8-17H2,2-7H3/t20-,21+,22+,23+,24?,25+,27-,28?,29+,30+,31-/m0/s1. The average Bonchev–Trinajstić information content (AvgIpc) is 3.23. The van der Waals surface area contributed by atoms with Crippen molar-refractivity contribution in [2.75, 3.05) is 7.11 Å². The Balaban J connectivity index is 1.56. The highest BCUT2D eigenvalue weighted by atomic mass is 16.5. The van der Waals surface area contributed by atoms with Crippen molar-refractivity contribution in [2.45, 2.75) is 105 Å². The Morgan fingerprint density at radius 3 is 2.31 bits per heavy atom. The number of nitrogens with zero attached hydrogens (tertiary/aromatic N) is 1. The summed E-state index contributed by atoms with van der Waals surface area (Å²) in [4.78, 5) is 13.4. The van der Waals surface area contributed by atoms with E-state index in [9.17, 15) is 15.1 Å². The van der Waals surface area contributed by atoms with Gasteiger partial charge in [-0.25, -0.2) is 0 Å². The van der Waals surface area contributed by atoms with Crippen molar-refractivity contribution in [3.05, 3.63) is 12.2 Å². The van der Waals surface area contributed by atoms with Crippen LogP contribution in [0.5, 0.6) is 0 Å². The first-order chi connectivity index (χ1) is 16.9. The van der Waals surface area contributed by atoms with Gasteiger partial charge in [0.15, 0.2) is 0 Å². The molecule has 2 N–H and O–H groups in total. The SMILES string of the molecule is C=C(C)[C@@H]1CC[C@]2(C(=O)OC)CC[C@]3(C)[C@H](CC[C@@H]4[C@@]5(C)CCC(O)C(C)(C=NO)[C@@H]5CC[C@]43C)[C@@H]12. The van der Waals surface area contributed by atoms with Crippen molar-refractivity contribution in [1.82, 2.24) is 0 Å². The lowest BCUT2D eigenvalue weighted by atomic mass is 9.32. The minimum atomic E-state index is -0.496. The van der Waals surface area contributed by atoms with E-state index >= 15 is 0 Å². The second-order valence-corrected chi connectivity index (χ2v) is 14.5. The van der Waals surface area contributed by atoms with E-state index in [0.717, 1.165) is 57.8 Å². The minimum Gasteiger partial charge on any atom is -0.469 e. The van der Waals surface area contributed by atoms with Crippen LogP contribution in [0.15, 0.2) is 17.3 Å². The molecule has 0 saturated heterocycles. The lowest BCUT2D eigenvalue weighted by Gasteiger charge is -2.72. The van der Waals surface area contributed by atoms with Crippen LogP contribution in [0.3, 0.4) is 0 Å². The molecule has 0 aromatic rings. The fourth-order valence-corrected chi connectivity index (χ4v) is 11.7. The lowest BCUT2D eigenvalue weighted by molar-refractivity contribution is -0.242. The molecular weight excluding hydrogens is 450 g/mol. The highest BCUT2D eigenvalue weighted by Crippen LogP contribution is 2.77. The van der Waals surface area contributed by atoms with E-state index in [4.69, 9.17) is 4.74 Å². The summed E-state index contributed by atoms with van der Waals surface area (Å²) in [5.74, 6) is 2.09. The average molecular weight is 500 g/mol. The van der Waals surface area contributed by atoms with Gasteiger partial charge in [0.1, 0.15) is 0 Å². The quantitative estimate of drug-likeness (QED) is 0.150. The molecule has 36 heavy (non-hydrogen) atoms. The Bertz CT molecular complexity index is 962. The highest BCUT2D eigenvalue weighted by molar-refractivity contribution is 5.78. The number of carbonyl (C=O) groups excluding carboxylic acids is 1. The van der Waals surface area contributed by atoms with Gasteiger partial charge in [-0.1, -0.05) is 39.8 Å². The molecule has 0 amide bonds. The molecule has 2 unspecified atom stereocenters. The molecule has 5 heteroatoms. The van der Waals surface area contributed by atoms with E-state index in [1.54, 1.807) is 13.3 Å². The molecule has 0 aromatic carbocycles. The van der Waals surface area contributed by atoms with Crippen LogP contribution in [-0.2, 0) is 9.53 Å². The summed E-state index contributed by atoms with van der Waals surface area (Å²) in [5.41, 5.74) is 0.809. The van der Waals surface area contributed by atoms with Crippen molar-refractivity contribution in [3.63, 3.8) is 0 Å². The number of aliphatic hydroxyl groups is 1. The van der Waals surface area contributed by atoms with Gasteiger partial charge in [0.2, 0.25) is 0 Å². The van der Waals surface area contributed by atoms with E-state index in [1.807, 2.05) is 0 Å². The molecule has 5 nitrogen and oxygen atoms in total. The van der Waals surface area contributed by atoms with Gasteiger partial charge in [0, 0.05) is 5.41 Å². The number of hydrogen-bond acceptors (Lipinski definition) is 5. The normalized spacial score (nSPS) is 54.2. The van der Waals surface area contributed by atoms with E-state index in [1.165, 1.54) is 12.0 Å². The van der Waals surface area contributed by atoms with Crippen LogP contribution in [0.2, 0.25) is 0 Å². The largest absolute Gasteiger partial charge is 0.469 e. The highest BCUT2D eigenvalue weighted by Gasteiger charge is 2.72. The second kappa shape index (κ2) is 8.32. The van der Waals surface area contributed by atoms with Crippen molar-refractivity contribution in [1.29, 1.82) is 0 Å². The fourth-order valence-electron chi connectivity index (χ4n) is 11.7. The lowest BCUT2D eigenvalue weighted by Crippen LogP contribution is -2.67. The molecule has 5 aliphatic rings. The van der Waals surface area contributed by atoms with E-state index < -0.39 is 11.5 Å². The van der Waals surface area contributed by atoms with Crippen LogP contribution < -0.4 is 0 Å². The number of ether oxygens (including phenoxy) is 1. The van der Waals surface area contributed by atoms with Gasteiger partial charge in [-0.05, 0) is 117 Å². The summed E-state index contributed by atoms with van der Waals surface area (Å²) < 4.78 is 5.48. The molecule has 5 aliphatic carbocycles. The minimum absolute atomic E-state index is 0.0153. The molecule has 0 heterocycles. The number of allylic oxidation sites excluding steroid dienone is 1. The summed E-state index contributed by atoms with van der Waals surface area (Å²) >= 11 is 0. The summed E-state index contributed by atoms with van der Waals surface area (Å²) in [7, 11) is 1.57. The van der Waals surface area contributed by atoms with Crippen molar-refractivity contribution in [2.24, 2.45) is 61.8 Å². The third-order valence-electron chi connectivity index (χ3n) is 13.7. The third-order valence-corrected chi connectivity index (χ3v) is 13.7. The Hall–Kier alpha value is -1.36. The monoisotopic (exact) mass is 499 g/mol. The van der Waals surface area contributed by atoms with E-state index in [2.05, 4.69) is 46.4 Å². The summed E-state index contributed by atoms with van der Waals surface area (Å²) in [6.07, 6.45) is 11.4. The Kier molecular flexibility index (Phi) is 6.07. The maximum atomic E-state index is 13.4. The van der Waals surface area contributed by atoms with Crippen LogP contribution in [0.4, 0.5) is 0 Å². The molecule has 0 aromatic heterocycles. The zero-order chi connectivity index (χ0) is 26.3. The van der Waals surface area contributed by atoms with Crippen molar-refractivity contribution < 1.29 is 19.8 Å². The number of hydrogen-bond donors (Lipinski definition) is 2. The molecule has 5 rings (SSSR count). The number of oxime groups is 1. The molecule has 0 radical (unpaired) electrons. The summed E-state index contributed by atoms with van der Waals surface area (Å²) in [6, 6.07) is 0. The number of aliphatic hydroxyl groups excluding tert-OH is 1. The van der Waals surface area contributed by atoms with Gasteiger partial charge in [-0.15, -0.1) is 5.16 Å².